The van der Waals surface area contributed by atoms with E-state index in [2.05, 4.69) is 0 Å². The zero-order valence-electron chi connectivity index (χ0n) is 9.92. The minimum atomic E-state index is -1.48. The first kappa shape index (κ1) is 12.4. The first-order valence-electron chi connectivity index (χ1n) is 5.72. The van der Waals surface area contributed by atoms with Gasteiger partial charge in [0.1, 0.15) is 5.75 Å². The standard InChI is InChI=1S/C13H14O5/c1-2-18-12(17)13(11(15)16)7-10(13)8-4-3-5-9(14)6-8/h3-6,10,14H,2,7H2,1H3,(H,15,16). The molecular weight excluding hydrogens is 236 g/mol. The van der Waals surface area contributed by atoms with Crippen LogP contribution in [0.5, 0.6) is 5.75 Å². The van der Waals surface area contributed by atoms with Crippen LogP contribution >= 0.6 is 0 Å². The molecule has 2 unspecified atom stereocenters. The predicted molar refractivity (Wildman–Crippen MR) is 62.2 cm³/mol. The van der Waals surface area contributed by atoms with E-state index in [1.165, 1.54) is 12.1 Å². The number of phenolic OH excluding ortho intramolecular Hbond substituents is 1. The second kappa shape index (κ2) is 4.33. The van der Waals surface area contributed by atoms with Crippen LogP contribution in [0.2, 0.25) is 0 Å². The largest absolute Gasteiger partial charge is 0.508 e. The van der Waals surface area contributed by atoms with Gasteiger partial charge < -0.3 is 14.9 Å². The molecule has 1 aromatic carbocycles. The Bertz CT molecular complexity index is 496. The molecule has 1 aromatic rings. The van der Waals surface area contributed by atoms with Crippen LogP contribution in [0, 0.1) is 5.41 Å². The number of phenols is 1. The fourth-order valence-corrected chi connectivity index (χ4v) is 2.22. The van der Waals surface area contributed by atoms with Crippen LogP contribution in [0.1, 0.15) is 24.8 Å². The maximum Gasteiger partial charge on any atom is 0.324 e. The Morgan fingerprint density at radius 1 is 1.50 bits per heavy atom. The van der Waals surface area contributed by atoms with Gasteiger partial charge in [0.25, 0.3) is 0 Å². The quantitative estimate of drug-likeness (QED) is 0.625. The third-order valence-electron chi connectivity index (χ3n) is 3.25. The second-order valence-electron chi connectivity index (χ2n) is 4.35. The highest BCUT2D eigenvalue weighted by Gasteiger charge is 2.68. The highest BCUT2D eigenvalue weighted by atomic mass is 16.5. The zero-order valence-corrected chi connectivity index (χ0v) is 9.92. The van der Waals surface area contributed by atoms with E-state index in [9.17, 15) is 19.8 Å². The number of ether oxygens (including phenoxy) is 1. The third-order valence-corrected chi connectivity index (χ3v) is 3.25. The van der Waals surface area contributed by atoms with Gasteiger partial charge in [0.2, 0.25) is 0 Å². The fourth-order valence-electron chi connectivity index (χ4n) is 2.22. The molecule has 5 heteroatoms. The second-order valence-corrected chi connectivity index (χ2v) is 4.35. The molecule has 1 aliphatic rings. The number of hydrogen-bond donors (Lipinski definition) is 2. The Morgan fingerprint density at radius 2 is 2.22 bits per heavy atom. The lowest BCUT2D eigenvalue weighted by Gasteiger charge is -2.11. The summed E-state index contributed by atoms with van der Waals surface area (Å²) >= 11 is 0. The summed E-state index contributed by atoms with van der Waals surface area (Å²) in [4.78, 5) is 23.1. The van der Waals surface area contributed by atoms with Gasteiger partial charge in [-0.3, -0.25) is 9.59 Å². The molecule has 0 heterocycles. The van der Waals surface area contributed by atoms with Crippen molar-refractivity contribution in [1.82, 2.24) is 0 Å². The normalized spacial score (nSPS) is 25.5. The van der Waals surface area contributed by atoms with Crippen molar-refractivity contribution in [3.63, 3.8) is 0 Å². The first-order valence-corrected chi connectivity index (χ1v) is 5.72. The van der Waals surface area contributed by atoms with Crippen molar-refractivity contribution in [2.45, 2.75) is 19.3 Å². The van der Waals surface area contributed by atoms with Gasteiger partial charge in [0, 0.05) is 5.92 Å². The lowest BCUT2D eigenvalue weighted by molar-refractivity contribution is -0.161. The smallest absolute Gasteiger partial charge is 0.324 e. The zero-order chi connectivity index (χ0) is 13.3. The molecule has 0 saturated heterocycles. The number of carbonyl (C=O) groups is 2. The number of aliphatic carboxylic acids is 1. The van der Waals surface area contributed by atoms with Gasteiger partial charge in [-0.15, -0.1) is 0 Å². The van der Waals surface area contributed by atoms with Gasteiger partial charge in [0.15, 0.2) is 5.41 Å². The maximum atomic E-state index is 11.8. The predicted octanol–water partition coefficient (Wildman–Crippen LogP) is 1.51. The number of carbonyl (C=O) groups excluding carboxylic acids is 1. The van der Waals surface area contributed by atoms with Crippen molar-refractivity contribution in [3.8, 4) is 5.75 Å². The summed E-state index contributed by atoms with van der Waals surface area (Å²) in [6.45, 7) is 1.79. The van der Waals surface area contributed by atoms with Crippen LogP contribution in [0.25, 0.3) is 0 Å². The maximum absolute atomic E-state index is 11.8. The van der Waals surface area contributed by atoms with Crippen LogP contribution in [-0.4, -0.2) is 28.8 Å². The van der Waals surface area contributed by atoms with Crippen LogP contribution in [0.3, 0.4) is 0 Å². The monoisotopic (exact) mass is 250 g/mol. The molecule has 0 aromatic heterocycles. The van der Waals surface area contributed by atoms with Gasteiger partial charge >= 0.3 is 11.9 Å². The SMILES string of the molecule is CCOC(=O)C1(C(=O)O)CC1c1cccc(O)c1. The summed E-state index contributed by atoms with van der Waals surface area (Å²) in [7, 11) is 0. The number of rotatable bonds is 4. The van der Waals surface area contributed by atoms with E-state index in [1.807, 2.05) is 0 Å². The summed E-state index contributed by atoms with van der Waals surface area (Å²) in [5.74, 6) is -2.25. The van der Waals surface area contributed by atoms with Crippen LogP contribution in [0.15, 0.2) is 24.3 Å². The van der Waals surface area contributed by atoms with Gasteiger partial charge in [-0.1, -0.05) is 12.1 Å². The Hall–Kier alpha value is -2.04. The van der Waals surface area contributed by atoms with Gasteiger partial charge in [-0.05, 0) is 31.0 Å². The van der Waals surface area contributed by atoms with E-state index in [1.54, 1.807) is 19.1 Å². The summed E-state index contributed by atoms with van der Waals surface area (Å²) in [6.07, 6.45) is 0.213. The molecule has 2 N–H and O–H groups in total. The van der Waals surface area contributed by atoms with E-state index in [4.69, 9.17) is 4.74 Å². The highest BCUT2D eigenvalue weighted by molar-refractivity contribution is 6.04. The average Bonchev–Trinajstić information content (AvgIpc) is 3.06. The molecule has 1 fully saturated rings. The lowest BCUT2D eigenvalue weighted by atomic mass is 9.99. The first-order chi connectivity index (χ1) is 8.52. The molecule has 2 rings (SSSR count). The minimum absolute atomic E-state index is 0.0579. The molecule has 5 nitrogen and oxygen atoms in total. The molecule has 0 spiro atoms. The van der Waals surface area contributed by atoms with Crippen molar-refractivity contribution < 1.29 is 24.5 Å². The molecule has 96 valence electrons. The summed E-state index contributed by atoms with van der Waals surface area (Å²) in [5.41, 5.74) is -0.838. The summed E-state index contributed by atoms with van der Waals surface area (Å²) < 4.78 is 4.83. The van der Waals surface area contributed by atoms with E-state index < -0.39 is 23.3 Å². The molecule has 1 saturated carbocycles. The summed E-state index contributed by atoms with van der Waals surface area (Å²) in [6, 6.07) is 6.31. The molecule has 0 bridgehead atoms. The Morgan fingerprint density at radius 3 is 2.78 bits per heavy atom. The van der Waals surface area contributed by atoms with Crippen molar-refractivity contribution in [2.75, 3.05) is 6.61 Å². The highest BCUT2D eigenvalue weighted by Crippen LogP contribution is 2.60. The number of benzene rings is 1. The third kappa shape index (κ3) is 1.81. The van der Waals surface area contributed by atoms with Crippen molar-refractivity contribution >= 4 is 11.9 Å². The molecular formula is C13H14O5. The van der Waals surface area contributed by atoms with Gasteiger partial charge in [0.05, 0.1) is 6.61 Å². The lowest BCUT2D eigenvalue weighted by Crippen LogP contribution is -2.29. The van der Waals surface area contributed by atoms with Gasteiger partial charge in [-0.25, -0.2) is 0 Å². The van der Waals surface area contributed by atoms with Crippen LogP contribution in [0.4, 0.5) is 0 Å². The Balaban J connectivity index is 2.28. The van der Waals surface area contributed by atoms with Crippen molar-refractivity contribution in [2.24, 2.45) is 5.41 Å². The average molecular weight is 250 g/mol. The number of carboxylic acid groups (broad SMARTS) is 1. The van der Waals surface area contributed by atoms with E-state index >= 15 is 0 Å². The van der Waals surface area contributed by atoms with Crippen LogP contribution in [-0.2, 0) is 14.3 Å². The van der Waals surface area contributed by atoms with Gasteiger partial charge in [-0.2, -0.15) is 0 Å². The fraction of sp³-hybridized carbons (Fsp3) is 0.385. The molecule has 0 aliphatic heterocycles. The number of aromatic hydroxyl groups is 1. The molecule has 1 aliphatic carbocycles. The molecule has 0 radical (unpaired) electrons. The van der Waals surface area contributed by atoms with E-state index in [0.717, 1.165) is 0 Å². The number of carboxylic acids is 1. The number of hydrogen-bond acceptors (Lipinski definition) is 4. The number of esters is 1. The topological polar surface area (TPSA) is 83.8 Å². The molecule has 2 atom stereocenters. The van der Waals surface area contributed by atoms with E-state index in [0.29, 0.717) is 5.56 Å². The van der Waals surface area contributed by atoms with Crippen LogP contribution < -0.4 is 0 Å². The molecule has 0 amide bonds. The minimum Gasteiger partial charge on any atom is -0.508 e. The molecule has 18 heavy (non-hydrogen) atoms. The van der Waals surface area contributed by atoms with Crippen molar-refractivity contribution in [1.29, 1.82) is 0 Å². The van der Waals surface area contributed by atoms with Crippen molar-refractivity contribution in [3.05, 3.63) is 29.8 Å². The Labute approximate surface area is 104 Å². The van der Waals surface area contributed by atoms with E-state index in [-0.39, 0.29) is 18.8 Å². The Kier molecular flexibility index (Phi) is 2.98. The summed E-state index contributed by atoms with van der Waals surface area (Å²) in [5, 5.41) is 18.6.